The molecule has 0 unspecified atom stereocenters. The highest BCUT2D eigenvalue weighted by atomic mass is 35.5. The minimum absolute atomic E-state index is 0. The molecule has 3 aromatic rings. The number of amides is 1. The fourth-order valence-electron chi connectivity index (χ4n) is 4.36. The van der Waals surface area contributed by atoms with E-state index in [1.165, 1.54) is 5.56 Å². The molecule has 0 saturated carbocycles. The number of halogens is 1. The Morgan fingerprint density at radius 3 is 2.31 bits per heavy atom. The molecule has 5 nitrogen and oxygen atoms in total. The van der Waals surface area contributed by atoms with Crippen LogP contribution in [0.5, 0.6) is 0 Å². The van der Waals surface area contributed by atoms with Gasteiger partial charge in [0.05, 0.1) is 11.3 Å². The molecule has 0 radical (unpaired) electrons. The fraction of sp³-hybridized carbons (Fsp3) is 0.304. The van der Waals surface area contributed by atoms with Gasteiger partial charge in [-0.3, -0.25) is 4.79 Å². The van der Waals surface area contributed by atoms with Gasteiger partial charge in [-0.15, -0.1) is 12.4 Å². The van der Waals surface area contributed by atoms with Gasteiger partial charge in [-0.25, -0.2) is 4.68 Å². The van der Waals surface area contributed by atoms with Crippen molar-refractivity contribution in [2.24, 2.45) is 11.8 Å². The van der Waals surface area contributed by atoms with E-state index < -0.39 is 0 Å². The highest BCUT2D eigenvalue weighted by Gasteiger charge is 2.39. The molecular weight excluding hydrogens is 384 g/mol. The van der Waals surface area contributed by atoms with Crippen molar-refractivity contribution in [3.63, 3.8) is 0 Å². The summed E-state index contributed by atoms with van der Waals surface area (Å²) in [6.07, 6.45) is 1.89. The van der Waals surface area contributed by atoms with Gasteiger partial charge in [-0.05, 0) is 30.9 Å². The summed E-state index contributed by atoms with van der Waals surface area (Å²) < 4.78 is 1.83. The average Bonchev–Trinajstić information content (AvgIpc) is 3.43. The van der Waals surface area contributed by atoms with Crippen LogP contribution in [0.3, 0.4) is 0 Å². The van der Waals surface area contributed by atoms with Crippen LogP contribution < -0.4 is 5.32 Å². The summed E-state index contributed by atoms with van der Waals surface area (Å²) >= 11 is 0. The van der Waals surface area contributed by atoms with Crippen LogP contribution in [-0.4, -0.2) is 46.8 Å². The summed E-state index contributed by atoms with van der Waals surface area (Å²) in [6, 6.07) is 18.2. The Morgan fingerprint density at radius 1 is 1.00 bits per heavy atom. The molecule has 6 heteroatoms. The van der Waals surface area contributed by atoms with E-state index in [4.69, 9.17) is 5.10 Å². The molecule has 1 aromatic heterocycles. The van der Waals surface area contributed by atoms with Crippen LogP contribution >= 0.6 is 12.4 Å². The number of nitrogens with one attached hydrogen (secondary N) is 1. The summed E-state index contributed by atoms with van der Waals surface area (Å²) in [5.41, 5.74) is 4.57. The minimum atomic E-state index is 0. The van der Waals surface area contributed by atoms with Crippen molar-refractivity contribution in [3.8, 4) is 16.9 Å². The van der Waals surface area contributed by atoms with Gasteiger partial charge in [-0.1, -0.05) is 48.0 Å². The normalized spacial score (nSPS) is 20.4. The molecule has 2 atom stereocenters. The highest BCUT2D eigenvalue weighted by Crippen LogP contribution is 2.30. The van der Waals surface area contributed by atoms with Gasteiger partial charge in [-0.2, -0.15) is 5.10 Å². The summed E-state index contributed by atoms with van der Waals surface area (Å²) in [5.74, 6) is 1.25. The monoisotopic (exact) mass is 408 g/mol. The molecule has 29 heavy (non-hydrogen) atoms. The molecule has 2 aliphatic rings. The van der Waals surface area contributed by atoms with Crippen molar-refractivity contribution < 1.29 is 4.79 Å². The Hall–Kier alpha value is -2.63. The zero-order chi connectivity index (χ0) is 19.1. The van der Waals surface area contributed by atoms with Crippen LogP contribution in [0, 0.1) is 18.8 Å². The summed E-state index contributed by atoms with van der Waals surface area (Å²) in [7, 11) is 0. The lowest BCUT2D eigenvalue weighted by Gasteiger charge is -2.17. The predicted octanol–water partition coefficient (Wildman–Crippen LogP) is 3.56. The molecule has 2 fully saturated rings. The molecule has 150 valence electrons. The van der Waals surface area contributed by atoms with Crippen molar-refractivity contribution in [3.05, 3.63) is 71.9 Å². The Kier molecular flexibility index (Phi) is 5.43. The molecule has 1 amide bonds. The number of carbonyl (C=O) groups is 1. The highest BCUT2D eigenvalue weighted by molar-refractivity contribution is 6.00. The van der Waals surface area contributed by atoms with E-state index >= 15 is 0 Å². The van der Waals surface area contributed by atoms with E-state index in [0.717, 1.165) is 43.1 Å². The van der Waals surface area contributed by atoms with Gasteiger partial charge >= 0.3 is 0 Å². The summed E-state index contributed by atoms with van der Waals surface area (Å²) in [6.45, 7) is 5.77. The molecule has 1 N–H and O–H groups in total. The van der Waals surface area contributed by atoms with Gasteiger partial charge in [0.15, 0.2) is 0 Å². The zero-order valence-corrected chi connectivity index (χ0v) is 17.2. The molecule has 2 aromatic carbocycles. The first-order chi connectivity index (χ1) is 13.7. The number of carbonyl (C=O) groups excluding carboxylic acids is 1. The SMILES string of the molecule is Cc1ccc(-n2cc(C(=O)N3C[C@H]4CNC[C@H]4C3)c(-c3ccccc3)n2)cc1.Cl. The molecule has 5 rings (SSSR count). The van der Waals surface area contributed by atoms with Gasteiger partial charge < -0.3 is 10.2 Å². The number of hydrogen-bond acceptors (Lipinski definition) is 3. The van der Waals surface area contributed by atoms with E-state index in [2.05, 4.69) is 24.4 Å². The standard InChI is InChI=1S/C23H24N4O.ClH/c1-16-7-9-20(10-8-16)27-15-21(22(25-27)17-5-3-2-4-6-17)23(28)26-13-18-11-24-12-19(18)14-26;/h2-10,15,18-19,24H,11-14H2,1H3;1H/t18-,19+;. The first-order valence-corrected chi connectivity index (χ1v) is 9.91. The smallest absolute Gasteiger partial charge is 0.257 e. The Balaban J connectivity index is 0.00000205. The first-order valence-electron chi connectivity index (χ1n) is 9.91. The number of fused-ring (bicyclic) bond motifs is 1. The Labute approximate surface area is 177 Å². The summed E-state index contributed by atoms with van der Waals surface area (Å²) in [5, 5.41) is 8.24. The van der Waals surface area contributed by atoms with Gasteiger partial charge in [0.25, 0.3) is 5.91 Å². The van der Waals surface area contributed by atoms with E-state index in [9.17, 15) is 4.79 Å². The van der Waals surface area contributed by atoms with Gasteiger partial charge in [0.1, 0.15) is 5.69 Å². The second kappa shape index (κ2) is 8.01. The average molecular weight is 409 g/mol. The maximum atomic E-state index is 13.4. The van der Waals surface area contributed by atoms with Crippen LogP contribution in [0.2, 0.25) is 0 Å². The minimum Gasteiger partial charge on any atom is -0.338 e. The van der Waals surface area contributed by atoms with Crippen LogP contribution in [0.1, 0.15) is 15.9 Å². The fourth-order valence-corrected chi connectivity index (χ4v) is 4.36. The van der Waals surface area contributed by atoms with Crippen molar-refractivity contribution in [2.45, 2.75) is 6.92 Å². The maximum Gasteiger partial charge on any atom is 0.257 e. The van der Waals surface area contributed by atoms with Crippen LogP contribution in [-0.2, 0) is 0 Å². The molecule has 2 saturated heterocycles. The van der Waals surface area contributed by atoms with Crippen LogP contribution in [0.25, 0.3) is 16.9 Å². The van der Waals surface area contributed by atoms with Gasteiger partial charge in [0, 0.05) is 37.9 Å². The van der Waals surface area contributed by atoms with Crippen LogP contribution in [0.15, 0.2) is 60.8 Å². The topological polar surface area (TPSA) is 50.2 Å². The van der Waals surface area contributed by atoms with E-state index in [1.807, 2.05) is 58.2 Å². The lowest BCUT2D eigenvalue weighted by molar-refractivity contribution is 0.0782. The number of aromatic nitrogens is 2. The molecule has 3 heterocycles. The maximum absolute atomic E-state index is 13.4. The number of hydrogen-bond donors (Lipinski definition) is 1. The summed E-state index contributed by atoms with van der Waals surface area (Å²) in [4.78, 5) is 15.4. The third kappa shape index (κ3) is 3.68. The zero-order valence-electron chi connectivity index (χ0n) is 16.4. The van der Waals surface area contributed by atoms with E-state index in [0.29, 0.717) is 17.4 Å². The van der Waals surface area contributed by atoms with Crippen molar-refractivity contribution >= 4 is 18.3 Å². The molecule has 0 bridgehead atoms. The van der Waals surface area contributed by atoms with Gasteiger partial charge in [0.2, 0.25) is 0 Å². The number of rotatable bonds is 3. The molecule has 2 aliphatic heterocycles. The number of aryl methyl sites for hydroxylation is 1. The number of likely N-dealkylation sites (tertiary alicyclic amines) is 1. The lowest BCUT2D eigenvalue weighted by Crippen LogP contribution is -2.32. The largest absolute Gasteiger partial charge is 0.338 e. The van der Waals surface area contributed by atoms with E-state index in [1.54, 1.807) is 0 Å². The third-order valence-electron chi connectivity index (χ3n) is 5.97. The predicted molar refractivity (Wildman–Crippen MR) is 117 cm³/mol. The third-order valence-corrected chi connectivity index (χ3v) is 5.97. The number of benzene rings is 2. The lowest BCUT2D eigenvalue weighted by atomic mass is 10.0. The van der Waals surface area contributed by atoms with Crippen molar-refractivity contribution in [1.82, 2.24) is 20.0 Å². The Bertz CT molecular complexity index is 987. The molecule has 0 aliphatic carbocycles. The molecular formula is C23H25ClN4O. The van der Waals surface area contributed by atoms with Crippen molar-refractivity contribution in [2.75, 3.05) is 26.2 Å². The van der Waals surface area contributed by atoms with Crippen molar-refractivity contribution in [1.29, 1.82) is 0 Å². The Morgan fingerprint density at radius 2 is 1.66 bits per heavy atom. The second-order valence-corrected chi connectivity index (χ2v) is 7.93. The molecule has 0 spiro atoms. The van der Waals surface area contributed by atoms with Crippen LogP contribution in [0.4, 0.5) is 0 Å². The first kappa shape index (κ1) is 19.7. The second-order valence-electron chi connectivity index (χ2n) is 7.93. The quantitative estimate of drug-likeness (QED) is 0.720. The van der Waals surface area contributed by atoms with E-state index in [-0.39, 0.29) is 18.3 Å². The number of nitrogens with zero attached hydrogens (tertiary/aromatic N) is 3.